The lowest BCUT2D eigenvalue weighted by Gasteiger charge is -2.15. The number of aromatic hydroxyl groups is 1. The van der Waals surface area contributed by atoms with Gasteiger partial charge in [-0.25, -0.2) is 4.79 Å². The molecule has 156 valence electrons. The Balaban J connectivity index is 1.89. The Hall–Kier alpha value is -2.75. The zero-order chi connectivity index (χ0) is 21.2. The third-order valence-corrected chi connectivity index (χ3v) is 5.07. The van der Waals surface area contributed by atoms with Gasteiger partial charge in [-0.2, -0.15) is 13.2 Å². The highest BCUT2D eigenvalue weighted by atomic mass is 32.1. The van der Waals surface area contributed by atoms with E-state index in [4.69, 9.17) is 9.15 Å². The topological polar surface area (TPSA) is 81.7 Å². The summed E-state index contributed by atoms with van der Waals surface area (Å²) in [7, 11) is 0. The van der Waals surface area contributed by atoms with Crippen molar-refractivity contribution in [3.8, 4) is 11.6 Å². The maximum Gasteiger partial charge on any atom is 0.417 e. The van der Waals surface area contributed by atoms with Crippen molar-refractivity contribution in [1.29, 1.82) is 0 Å². The summed E-state index contributed by atoms with van der Waals surface area (Å²) >= 11 is 0.883. The van der Waals surface area contributed by atoms with E-state index >= 15 is 0 Å². The molecule has 1 N–H and O–H groups in total. The summed E-state index contributed by atoms with van der Waals surface area (Å²) in [4.78, 5) is 23.0. The predicted octanol–water partition coefficient (Wildman–Crippen LogP) is 4.16. The Bertz CT molecular complexity index is 1130. The molecule has 0 radical (unpaired) electrons. The van der Waals surface area contributed by atoms with Gasteiger partial charge < -0.3 is 14.3 Å². The van der Waals surface area contributed by atoms with E-state index in [0.29, 0.717) is 36.6 Å². The summed E-state index contributed by atoms with van der Waals surface area (Å²) in [6.07, 6.45) is -3.33. The largest absolute Gasteiger partial charge is 0.494 e. The standard InChI is InChI=1S/C19H18F3NO5S/c1-2-4-12-14(27-8-3-7-23-15(24)10-29-18(23)26)6-5-11-13(19(20,21)22)9-16(25)28-17(11)12/h5-6,9-10,24H,2-4,7-8H2,1H3. The normalized spacial score (nSPS) is 11.9. The molecule has 0 fully saturated rings. The van der Waals surface area contributed by atoms with Crippen LogP contribution in [0.1, 0.15) is 30.9 Å². The molecule has 0 aliphatic heterocycles. The minimum Gasteiger partial charge on any atom is -0.494 e. The van der Waals surface area contributed by atoms with Crippen LogP contribution in [0.3, 0.4) is 0 Å². The van der Waals surface area contributed by atoms with E-state index < -0.39 is 17.4 Å². The van der Waals surface area contributed by atoms with Gasteiger partial charge >= 0.3 is 16.7 Å². The SMILES string of the molecule is CCCc1c(OCCCn2c(O)csc2=O)ccc2c(C(F)(F)F)cc(=O)oc12. The van der Waals surface area contributed by atoms with E-state index in [2.05, 4.69) is 0 Å². The van der Waals surface area contributed by atoms with Crippen molar-refractivity contribution in [3.63, 3.8) is 0 Å². The number of alkyl halides is 3. The van der Waals surface area contributed by atoms with Gasteiger partial charge in [0.05, 0.1) is 17.6 Å². The first-order chi connectivity index (χ1) is 13.7. The first kappa shape index (κ1) is 21.0. The molecule has 2 aromatic heterocycles. The Morgan fingerprint density at radius 1 is 1.28 bits per heavy atom. The van der Waals surface area contributed by atoms with Crippen LogP contribution in [0.2, 0.25) is 0 Å². The van der Waals surface area contributed by atoms with Crippen molar-refractivity contribution in [3.05, 3.63) is 54.8 Å². The van der Waals surface area contributed by atoms with E-state index in [1.54, 1.807) is 0 Å². The lowest BCUT2D eigenvalue weighted by molar-refractivity contribution is -0.136. The molecule has 0 saturated carbocycles. The molecule has 0 spiro atoms. The van der Waals surface area contributed by atoms with E-state index in [9.17, 15) is 27.9 Å². The third kappa shape index (κ3) is 4.47. The molecule has 0 unspecified atom stereocenters. The Labute approximate surface area is 166 Å². The maximum atomic E-state index is 13.3. The van der Waals surface area contributed by atoms with E-state index in [0.717, 1.165) is 11.3 Å². The first-order valence-corrected chi connectivity index (χ1v) is 9.77. The molecule has 0 amide bonds. The zero-order valence-electron chi connectivity index (χ0n) is 15.4. The average molecular weight is 429 g/mol. The Morgan fingerprint density at radius 2 is 2.03 bits per heavy atom. The van der Waals surface area contributed by atoms with Crippen LogP contribution < -0.4 is 15.2 Å². The molecule has 29 heavy (non-hydrogen) atoms. The van der Waals surface area contributed by atoms with Crippen LogP contribution in [0, 0.1) is 0 Å². The number of hydrogen-bond acceptors (Lipinski definition) is 6. The summed E-state index contributed by atoms with van der Waals surface area (Å²) in [5.74, 6) is 0.197. The van der Waals surface area contributed by atoms with E-state index in [1.165, 1.54) is 22.1 Å². The van der Waals surface area contributed by atoms with Gasteiger partial charge in [0.15, 0.2) is 0 Å². The maximum absolute atomic E-state index is 13.3. The second kappa shape index (κ2) is 8.32. The molecule has 0 aliphatic rings. The average Bonchev–Trinajstić information content (AvgIpc) is 2.97. The third-order valence-electron chi connectivity index (χ3n) is 4.32. The van der Waals surface area contributed by atoms with Gasteiger partial charge in [-0.3, -0.25) is 9.36 Å². The van der Waals surface area contributed by atoms with Crippen LogP contribution in [0.15, 0.2) is 37.6 Å². The van der Waals surface area contributed by atoms with Gasteiger partial charge in [0.2, 0.25) is 5.88 Å². The first-order valence-electron chi connectivity index (χ1n) is 8.89. The smallest absolute Gasteiger partial charge is 0.417 e. The molecule has 0 bridgehead atoms. The van der Waals surface area contributed by atoms with Crippen LogP contribution in [0.5, 0.6) is 11.6 Å². The van der Waals surface area contributed by atoms with Crippen LogP contribution in [-0.2, 0) is 19.1 Å². The van der Waals surface area contributed by atoms with Gasteiger partial charge in [0.1, 0.15) is 11.3 Å². The number of fused-ring (bicyclic) bond motifs is 1. The lowest BCUT2D eigenvalue weighted by atomic mass is 10.0. The summed E-state index contributed by atoms with van der Waals surface area (Å²) < 4.78 is 51.9. The minimum absolute atomic E-state index is 0.126. The molecule has 6 nitrogen and oxygen atoms in total. The molecule has 3 aromatic rings. The van der Waals surface area contributed by atoms with Crippen LogP contribution >= 0.6 is 11.3 Å². The van der Waals surface area contributed by atoms with Gasteiger partial charge in [-0.1, -0.05) is 24.7 Å². The number of nitrogens with zero attached hydrogens (tertiary/aromatic N) is 1. The molecule has 1 aromatic carbocycles. The number of benzene rings is 1. The van der Waals surface area contributed by atoms with Crippen LogP contribution in [-0.4, -0.2) is 16.3 Å². The quantitative estimate of drug-likeness (QED) is 0.451. The van der Waals surface area contributed by atoms with Crippen molar-refractivity contribution in [2.75, 3.05) is 6.61 Å². The molecule has 0 atom stereocenters. The van der Waals surface area contributed by atoms with Crippen molar-refractivity contribution < 1.29 is 27.4 Å². The highest BCUT2D eigenvalue weighted by Crippen LogP contribution is 2.37. The summed E-state index contributed by atoms with van der Waals surface area (Å²) in [6.45, 7) is 2.24. The Morgan fingerprint density at radius 3 is 2.66 bits per heavy atom. The minimum atomic E-state index is -4.68. The second-order valence-electron chi connectivity index (χ2n) is 6.36. The van der Waals surface area contributed by atoms with Crippen molar-refractivity contribution in [1.82, 2.24) is 4.57 Å². The number of hydrogen-bond donors (Lipinski definition) is 1. The number of ether oxygens (including phenoxy) is 1. The molecule has 10 heteroatoms. The highest BCUT2D eigenvalue weighted by Gasteiger charge is 2.34. The fraction of sp³-hybridized carbons (Fsp3) is 0.368. The van der Waals surface area contributed by atoms with Crippen LogP contribution in [0.25, 0.3) is 11.0 Å². The van der Waals surface area contributed by atoms with Gasteiger partial charge in [-0.05, 0) is 25.0 Å². The molecule has 0 aliphatic carbocycles. The number of rotatable bonds is 7. The summed E-state index contributed by atoms with van der Waals surface area (Å²) in [5, 5.41) is 10.7. The zero-order valence-corrected chi connectivity index (χ0v) is 16.2. The van der Waals surface area contributed by atoms with Gasteiger partial charge in [0, 0.05) is 23.6 Å². The molecule has 2 heterocycles. The number of thiazole rings is 1. The second-order valence-corrected chi connectivity index (χ2v) is 7.18. The highest BCUT2D eigenvalue weighted by molar-refractivity contribution is 7.07. The van der Waals surface area contributed by atoms with Gasteiger partial charge in [-0.15, -0.1) is 0 Å². The van der Waals surface area contributed by atoms with Crippen molar-refractivity contribution in [2.45, 2.75) is 38.9 Å². The monoisotopic (exact) mass is 429 g/mol. The fourth-order valence-electron chi connectivity index (χ4n) is 3.06. The van der Waals surface area contributed by atoms with E-state index in [-0.39, 0.29) is 34.9 Å². The molecular weight excluding hydrogens is 411 g/mol. The lowest BCUT2D eigenvalue weighted by Crippen LogP contribution is -2.15. The number of halogens is 3. The fourth-order valence-corrected chi connectivity index (χ4v) is 3.70. The van der Waals surface area contributed by atoms with Gasteiger partial charge in [0.25, 0.3) is 0 Å². The predicted molar refractivity (Wildman–Crippen MR) is 102 cm³/mol. The number of aromatic nitrogens is 1. The Kier molecular flexibility index (Phi) is 6.02. The molecule has 0 saturated heterocycles. The van der Waals surface area contributed by atoms with Crippen LogP contribution in [0.4, 0.5) is 13.2 Å². The van der Waals surface area contributed by atoms with Crippen molar-refractivity contribution in [2.24, 2.45) is 0 Å². The summed E-state index contributed by atoms with van der Waals surface area (Å²) in [5.41, 5.74) is -1.86. The summed E-state index contributed by atoms with van der Waals surface area (Å²) in [6, 6.07) is 3.10. The number of aryl methyl sites for hydroxylation is 1. The molecule has 3 rings (SSSR count). The van der Waals surface area contributed by atoms with Crippen molar-refractivity contribution >= 4 is 22.3 Å². The van der Waals surface area contributed by atoms with E-state index in [1.807, 2.05) is 6.92 Å². The molecular formula is C19H18F3NO5S.